The largest absolute Gasteiger partial charge is 0.394 e. The molecule has 3 rings (SSSR count). The Morgan fingerprint density at radius 2 is 1.22 bits per heavy atom. The second-order valence-corrected chi connectivity index (χ2v) is 8.68. The maximum atomic E-state index is 10.3. The maximum Gasteiger partial charge on any atom is 0.186 e. The van der Waals surface area contributed by atoms with E-state index in [1.807, 2.05) is 0 Å². The zero-order valence-corrected chi connectivity index (χ0v) is 17.5. The summed E-state index contributed by atoms with van der Waals surface area (Å²) in [5.41, 5.74) is 23.7. The molecule has 0 aromatic heterocycles. The molecule has 3 fully saturated rings. The van der Waals surface area contributed by atoms with E-state index in [9.17, 15) is 30.6 Å². The average molecular weight is 469 g/mol. The molecule has 188 valence electrons. The molecule has 0 spiro atoms. The first-order valence-electron chi connectivity index (χ1n) is 10.7. The summed E-state index contributed by atoms with van der Waals surface area (Å²) in [6, 6.07) is -2.22. The lowest BCUT2D eigenvalue weighted by atomic mass is 9.86. The van der Waals surface area contributed by atoms with Crippen LogP contribution in [0, 0.1) is 0 Å². The molecule has 0 bridgehead atoms. The Kier molecular flexibility index (Phi) is 8.79. The summed E-state index contributed by atoms with van der Waals surface area (Å²) in [4.78, 5) is 0. The predicted molar refractivity (Wildman–Crippen MR) is 106 cm³/mol. The summed E-state index contributed by atoms with van der Waals surface area (Å²) in [6.45, 7) is -0.630. The highest BCUT2D eigenvalue weighted by atomic mass is 16.7. The fourth-order valence-corrected chi connectivity index (χ4v) is 4.31. The molecular formula is C18H36N4O10. The summed E-state index contributed by atoms with van der Waals surface area (Å²) in [6.07, 6.45) is -12.7. The predicted octanol–water partition coefficient (Wildman–Crippen LogP) is -6.26. The molecule has 1 saturated carbocycles. The van der Waals surface area contributed by atoms with Gasteiger partial charge in [-0.15, -0.1) is 0 Å². The molecule has 0 radical (unpaired) electrons. The molecule has 2 aliphatic heterocycles. The standard InChI is InChI=1S/C18H36N4O10/c19-3-9-13(25)15(27)16(28)18(31-9)30-8-2-7(5(20)1-6(8)21)29-17-14(26)11(22)12(24)10(4-23)32-17/h5-18,23-28H,1-4,19-22H2. The molecule has 3 aliphatic rings. The van der Waals surface area contributed by atoms with Crippen molar-refractivity contribution in [2.45, 2.75) is 98.5 Å². The van der Waals surface area contributed by atoms with E-state index in [0.29, 0.717) is 0 Å². The van der Waals surface area contributed by atoms with Crippen molar-refractivity contribution in [3.63, 3.8) is 0 Å². The van der Waals surface area contributed by atoms with Crippen LogP contribution in [-0.4, -0.2) is 129 Å². The van der Waals surface area contributed by atoms with Crippen molar-refractivity contribution in [3.05, 3.63) is 0 Å². The number of rotatable bonds is 6. The SMILES string of the molecule is NCC1OC(OC2CC(OC3OC(CO)C(O)C(N)C3O)C(N)CC2N)C(O)C(O)C1O. The van der Waals surface area contributed by atoms with Gasteiger partial charge in [0, 0.05) is 25.0 Å². The van der Waals surface area contributed by atoms with Gasteiger partial charge in [0.15, 0.2) is 12.6 Å². The lowest BCUT2D eigenvalue weighted by Crippen LogP contribution is -2.65. The van der Waals surface area contributed by atoms with Crippen LogP contribution in [0.5, 0.6) is 0 Å². The van der Waals surface area contributed by atoms with Crippen LogP contribution in [0.1, 0.15) is 12.8 Å². The molecule has 1 aliphatic carbocycles. The summed E-state index contributed by atoms with van der Waals surface area (Å²) in [5, 5.41) is 59.9. The van der Waals surface area contributed by atoms with E-state index in [4.69, 9.17) is 41.9 Å². The van der Waals surface area contributed by atoms with Crippen molar-refractivity contribution in [3.8, 4) is 0 Å². The second kappa shape index (κ2) is 10.8. The first-order valence-corrected chi connectivity index (χ1v) is 10.7. The van der Waals surface area contributed by atoms with Crippen molar-refractivity contribution in [2.24, 2.45) is 22.9 Å². The third-order valence-electron chi connectivity index (χ3n) is 6.42. The smallest absolute Gasteiger partial charge is 0.186 e. The summed E-state index contributed by atoms with van der Waals surface area (Å²) < 4.78 is 22.6. The second-order valence-electron chi connectivity index (χ2n) is 8.68. The van der Waals surface area contributed by atoms with E-state index in [-0.39, 0.29) is 19.4 Å². The molecule has 14 heteroatoms. The summed E-state index contributed by atoms with van der Waals surface area (Å²) in [5.74, 6) is 0. The van der Waals surface area contributed by atoms with Crippen LogP contribution in [0.15, 0.2) is 0 Å². The fraction of sp³-hybridized carbons (Fsp3) is 1.00. The number of aliphatic hydroxyl groups excluding tert-OH is 6. The normalized spacial score (nSPS) is 52.7. The molecule has 0 aromatic carbocycles. The maximum absolute atomic E-state index is 10.3. The molecule has 14 unspecified atom stereocenters. The van der Waals surface area contributed by atoms with Gasteiger partial charge in [-0.2, -0.15) is 0 Å². The van der Waals surface area contributed by atoms with E-state index in [1.165, 1.54) is 0 Å². The van der Waals surface area contributed by atoms with Gasteiger partial charge in [-0.3, -0.25) is 0 Å². The minimum atomic E-state index is -1.54. The highest BCUT2D eigenvalue weighted by Gasteiger charge is 2.48. The van der Waals surface area contributed by atoms with Gasteiger partial charge in [0.25, 0.3) is 0 Å². The number of hydrogen-bond acceptors (Lipinski definition) is 14. The van der Waals surface area contributed by atoms with Crippen LogP contribution in [0.25, 0.3) is 0 Å². The summed E-state index contributed by atoms with van der Waals surface area (Å²) in [7, 11) is 0. The monoisotopic (exact) mass is 468 g/mol. The molecule has 2 heterocycles. The highest BCUT2D eigenvalue weighted by Crippen LogP contribution is 2.30. The van der Waals surface area contributed by atoms with Crippen LogP contribution < -0.4 is 22.9 Å². The van der Waals surface area contributed by atoms with Gasteiger partial charge in [-0.1, -0.05) is 0 Å². The Hall–Kier alpha value is -0.560. The molecule has 32 heavy (non-hydrogen) atoms. The van der Waals surface area contributed by atoms with Crippen molar-refractivity contribution in [1.82, 2.24) is 0 Å². The van der Waals surface area contributed by atoms with Gasteiger partial charge < -0.3 is 72.5 Å². The number of aliphatic hydroxyl groups is 6. The molecule has 0 aromatic rings. The van der Waals surface area contributed by atoms with Crippen molar-refractivity contribution >= 4 is 0 Å². The number of hydrogen-bond donors (Lipinski definition) is 10. The topological polar surface area (TPSA) is 262 Å². The molecular weight excluding hydrogens is 432 g/mol. The van der Waals surface area contributed by atoms with Crippen molar-refractivity contribution in [1.29, 1.82) is 0 Å². The first kappa shape index (κ1) is 26.1. The van der Waals surface area contributed by atoms with E-state index in [0.717, 1.165) is 0 Å². The molecule has 14 nitrogen and oxygen atoms in total. The van der Waals surface area contributed by atoms with Gasteiger partial charge in [-0.25, -0.2) is 0 Å². The lowest BCUT2D eigenvalue weighted by Gasteiger charge is -2.46. The average Bonchev–Trinajstić information content (AvgIpc) is 2.77. The van der Waals surface area contributed by atoms with Gasteiger partial charge in [0.1, 0.15) is 42.7 Å². The lowest BCUT2D eigenvalue weighted by molar-refractivity contribution is -0.318. The fourth-order valence-electron chi connectivity index (χ4n) is 4.31. The van der Waals surface area contributed by atoms with Crippen LogP contribution in [0.2, 0.25) is 0 Å². The third kappa shape index (κ3) is 5.24. The highest BCUT2D eigenvalue weighted by molar-refractivity contribution is 4.97. The molecule has 14 N–H and O–H groups in total. The van der Waals surface area contributed by atoms with Crippen molar-refractivity contribution < 1.29 is 49.6 Å². The van der Waals surface area contributed by atoms with E-state index < -0.39 is 92.2 Å². The Balaban J connectivity index is 1.66. The van der Waals surface area contributed by atoms with E-state index in [2.05, 4.69) is 0 Å². The Bertz CT molecular complexity index is 556. The summed E-state index contributed by atoms with van der Waals surface area (Å²) >= 11 is 0. The quantitative estimate of drug-likeness (QED) is 0.174. The van der Waals surface area contributed by atoms with E-state index >= 15 is 0 Å². The Morgan fingerprint density at radius 3 is 1.75 bits per heavy atom. The Labute approximate surface area is 185 Å². The zero-order valence-electron chi connectivity index (χ0n) is 17.5. The number of ether oxygens (including phenoxy) is 4. The van der Waals surface area contributed by atoms with Crippen LogP contribution in [-0.2, 0) is 18.9 Å². The minimum Gasteiger partial charge on any atom is -0.394 e. The molecule has 0 amide bonds. The van der Waals surface area contributed by atoms with Crippen LogP contribution in [0.4, 0.5) is 0 Å². The molecule has 2 saturated heterocycles. The van der Waals surface area contributed by atoms with Gasteiger partial charge in [0.05, 0.1) is 24.9 Å². The van der Waals surface area contributed by atoms with Crippen molar-refractivity contribution in [2.75, 3.05) is 13.2 Å². The molecule has 14 atom stereocenters. The Morgan fingerprint density at radius 1 is 0.688 bits per heavy atom. The third-order valence-corrected chi connectivity index (χ3v) is 6.42. The van der Waals surface area contributed by atoms with Gasteiger partial charge in [-0.05, 0) is 6.42 Å². The minimum absolute atomic E-state index is 0.104. The zero-order chi connectivity index (χ0) is 23.7. The van der Waals surface area contributed by atoms with Gasteiger partial charge in [0.2, 0.25) is 0 Å². The van der Waals surface area contributed by atoms with Crippen LogP contribution >= 0.6 is 0 Å². The van der Waals surface area contributed by atoms with Crippen LogP contribution in [0.3, 0.4) is 0 Å². The number of nitrogens with two attached hydrogens (primary N) is 4. The van der Waals surface area contributed by atoms with Gasteiger partial charge >= 0.3 is 0 Å². The van der Waals surface area contributed by atoms with E-state index in [1.54, 1.807) is 0 Å². The first-order chi connectivity index (χ1) is 15.1.